The van der Waals surface area contributed by atoms with Gasteiger partial charge in [-0.1, -0.05) is 0 Å². The Bertz CT molecular complexity index is 443. The molecule has 0 aliphatic heterocycles. The van der Waals surface area contributed by atoms with E-state index in [1.807, 2.05) is 0 Å². The number of halogens is 4. The summed E-state index contributed by atoms with van der Waals surface area (Å²) in [6.45, 7) is 0. The van der Waals surface area contributed by atoms with Gasteiger partial charge in [-0.05, 0) is 28.1 Å². The van der Waals surface area contributed by atoms with Crippen molar-refractivity contribution in [2.45, 2.75) is 6.18 Å². The first-order valence-electron chi connectivity index (χ1n) is 4.34. The van der Waals surface area contributed by atoms with Gasteiger partial charge in [-0.15, -0.1) is 0 Å². The van der Waals surface area contributed by atoms with Crippen LogP contribution in [0.1, 0.15) is 15.9 Å². The molecule has 0 saturated carbocycles. The molecule has 17 heavy (non-hydrogen) atoms. The first-order chi connectivity index (χ1) is 7.81. The Morgan fingerprint density at radius 2 is 1.88 bits per heavy atom. The minimum absolute atomic E-state index is 0.00928. The van der Waals surface area contributed by atoms with E-state index in [1.54, 1.807) is 0 Å². The molecule has 94 valence electrons. The Morgan fingerprint density at radius 1 is 1.29 bits per heavy atom. The fourth-order valence-electron chi connectivity index (χ4n) is 1.22. The van der Waals surface area contributed by atoms with Crippen LogP contribution < -0.4 is 4.74 Å². The minimum Gasteiger partial charge on any atom is -0.496 e. The lowest BCUT2D eigenvalue weighted by Crippen LogP contribution is -2.14. The molecule has 1 aromatic carbocycles. The highest BCUT2D eigenvalue weighted by atomic mass is 79.9. The summed E-state index contributed by atoms with van der Waals surface area (Å²) in [6.07, 6.45) is -4.66. The van der Waals surface area contributed by atoms with Crippen molar-refractivity contribution in [3.8, 4) is 5.75 Å². The zero-order valence-electron chi connectivity index (χ0n) is 8.89. The van der Waals surface area contributed by atoms with E-state index in [-0.39, 0.29) is 10.2 Å². The van der Waals surface area contributed by atoms with Gasteiger partial charge in [0.25, 0.3) is 0 Å². The Morgan fingerprint density at radius 3 is 2.29 bits per heavy atom. The number of rotatable bonds is 2. The number of esters is 1. The van der Waals surface area contributed by atoms with Crippen LogP contribution in [0.3, 0.4) is 0 Å². The van der Waals surface area contributed by atoms with Crippen molar-refractivity contribution in [3.05, 3.63) is 27.7 Å². The van der Waals surface area contributed by atoms with Crippen molar-refractivity contribution in [1.82, 2.24) is 0 Å². The lowest BCUT2D eigenvalue weighted by Gasteiger charge is -2.14. The van der Waals surface area contributed by atoms with Gasteiger partial charge in [0.15, 0.2) is 0 Å². The molecular formula is C10H8BrF3O3. The largest absolute Gasteiger partial charge is 0.496 e. The second-order valence-electron chi connectivity index (χ2n) is 3.02. The molecule has 0 bridgehead atoms. The van der Waals surface area contributed by atoms with Gasteiger partial charge < -0.3 is 9.47 Å². The lowest BCUT2D eigenvalue weighted by atomic mass is 10.1. The van der Waals surface area contributed by atoms with Gasteiger partial charge in [-0.2, -0.15) is 13.2 Å². The number of alkyl halides is 3. The molecule has 0 unspecified atom stereocenters. The van der Waals surface area contributed by atoms with Crippen LogP contribution in [0, 0.1) is 0 Å². The number of carbonyl (C=O) groups is 1. The molecule has 0 N–H and O–H groups in total. The molecule has 0 spiro atoms. The van der Waals surface area contributed by atoms with Crippen LogP contribution in [0.2, 0.25) is 0 Å². The highest BCUT2D eigenvalue weighted by Gasteiger charge is 2.36. The van der Waals surface area contributed by atoms with Crippen LogP contribution in [0.4, 0.5) is 13.2 Å². The molecule has 0 radical (unpaired) electrons. The minimum atomic E-state index is -4.66. The van der Waals surface area contributed by atoms with Crippen molar-refractivity contribution >= 4 is 21.9 Å². The molecule has 0 saturated heterocycles. The van der Waals surface area contributed by atoms with E-state index in [0.29, 0.717) is 0 Å². The second-order valence-corrected chi connectivity index (χ2v) is 3.88. The summed E-state index contributed by atoms with van der Waals surface area (Å²) in [5, 5.41) is 0. The van der Waals surface area contributed by atoms with Crippen LogP contribution in [-0.2, 0) is 10.9 Å². The Hall–Kier alpha value is -1.24. The lowest BCUT2D eigenvalue weighted by molar-refractivity contribution is -0.138. The molecule has 0 aliphatic carbocycles. The van der Waals surface area contributed by atoms with Crippen molar-refractivity contribution in [2.75, 3.05) is 14.2 Å². The van der Waals surface area contributed by atoms with E-state index < -0.39 is 23.3 Å². The Labute approximate surface area is 104 Å². The maximum atomic E-state index is 12.7. The number of hydrogen-bond acceptors (Lipinski definition) is 3. The summed E-state index contributed by atoms with van der Waals surface area (Å²) >= 11 is 3.01. The summed E-state index contributed by atoms with van der Waals surface area (Å²) in [6, 6.07) is 1.77. The highest BCUT2D eigenvalue weighted by Crippen LogP contribution is 2.38. The average molecular weight is 313 g/mol. The zero-order valence-corrected chi connectivity index (χ0v) is 10.5. The van der Waals surface area contributed by atoms with Crippen molar-refractivity contribution in [2.24, 2.45) is 0 Å². The van der Waals surface area contributed by atoms with E-state index >= 15 is 0 Å². The van der Waals surface area contributed by atoms with Crippen LogP contribution in [0.25, 0.3) is 0 Å². The number of benzene rings is 1. The summed E-state index contributed by atoms with van der Waals surface area (Å²) in [5.74, 6) is -1.06. The van der Waals surface area contributed by atoms with Crippen molar-refractivity contribution in [3.63, 3.8) is 0 Å². The molecule has 7 heteroatoms. The number of carbonyl (C=O) groups excluding carboxylic acids is 1. The summed E-state index contributed by atoms with van der Waals surface area (Å²) < 4.78 is 47.4. The van der Waals surface area contributed by atoms with Gasteiger partial charge in [0, 0.05) is 0 Å². The standard InChI is InChI=1S/C10H8BrF3O3/c1-16-8-4-6(10(12,13)14)5(3-7(8)11)9(15)17-2/h3-4H,1-2H3. The predicted molar refractivity (Wildman–Crippen MR) is 57.0 cm³/mol. The van der Waals surface area contributed by atoms with E-state index in [4.69, 9.17) is 4.74 Å². The van der Waals surface area contributed by atoms with Gasteiger partial charge >= 0.3 is 12.1 Å². The topological polar surface area (TPSA) is 35.5 Å². The van der Waals surface area contributed by atoms with Crippen LogP contribution >= 0.6 is 15.9 Å². The number of methoxy groups -OCH3 is 2. The third-order valence-corrected chi connectivity index (χ3v) is 2.62. The maximum Gasteiger partial charge on any atom is 0.417 e. The van der Waals surface area contributed by atoms with Gasteiger partial charge in [-0.25, -0.2) is 4.79 Å². The monoisotopic (exact) mass is 312 g/mol. The van der Waals surface area contributed by atoms with E-state index in [9.17, 15) is 18.0 Å². The number of hydrogen-bond donors (Lipinski definition) is 0. The van der Waals surface area contributed by atoms with Gasteiger partial charge in [0.1, 0.15) is 5.75 Å². The quantitative estimate of drug-likeness (QED) is 0.786. The van der Waals surface area contributed by atoms with Gasteiger partial charge in [0.05, 0.1) is 29.8 Å². The van der Waals surface area contributed by atoms with Crippen LogP contribution in [0.5, 0.6) is 5.75 Å². The highest BCUT2D eigenvalue weighted by molar-refractivity contribution is 9.10. The first-order valence-corrected chi connectivity index (χ1v) is 5.13. The molecule has 0 aromatic heterocycles. The third-order valence-electron chi connectivity index (χ3n) is 2.00. The van der Waals surface area contributed by atoms with Gasteiger partial charge in [-0.3, -0.25) is 0 Å². The summed E-state index contributed by atoms with van der Waals surface area (Å²) in [5.41, 5.74) is -1.66. The molecular weight excluding hydrogens is 305 g/mol. The van der Waals surface area contributed by atoms with Crippen LogP contribution in [0.15, 0.2) is 16.6 Å². The molecule has 0 heterocycles. The molecule has 1 aromatic rings. The molecule has 0 atom stereocenters. The fourth-order valence-corrected chi connectivity index (χ4v) is 1.73. The third kappa shape index (κ3) is 2.91. The van der Waals surface area contributed by atoms with E-state index in [1.165, 1.54) is 7.11 Å². The predicted octanol–water partition coefficient (Wildman–Crippen LogP) is 3.26. The summed E-state index contributed by atoms with van der Waals surface area (Å²) in [4.78, 5) is 11.2. The fraction of sp³-hybridized carbons (Fsp3) is 0.300. The van der Waals surface area contributed by atoms with Gasteiger partial charge in [0.2, 0.25) is 0 Å². The Balaban J connectivity index is 3.47. The van der Waals surface area contributed by atoms with Crippen LogP contribution in [-0.4, -0.2) is 20.2 Å². The average Bonchev–Trinajstić information content (AvgIpc) is 2.26. The molecule has 1 rings (SSSR count). The molecule has 0 fully saturated rings. The number of ether oxygens (including phenoxy) is 2. The smallest absolute Gasteiger partial charge is 0.417 e. The van der Waals surface area contributed by atoms with Crippen molar-refractivity contribution in [1.29, 1.82) is 0 Å². The zero-order chi connectivity index (χ0) is 13.2. The second kappa shape index (κ2) is 4.95. The van der Waals surface area contributed by atoms with E-state index in [2.05, 4.69) is 20.7 Å². The van der Waals surface area contributed by atoms with E-state index in [0.717, 1.165) is 19.2 Å². The SMILES string of the molecule is COC(=O)c1cc(Br)c(OC)cc1C(F)(F)F. The Kier molecular flexibility index (Phi) is 4.03. The molecule has 3 nitrogen and oxygen atoms in total. The summed E-state index contributed by atoms with van der Waals surface area (Å²) in [7, 11) is 2.25. The first kappa shape index (κ1) is 13.8. The molecule has 0 aliphatic rings. The maximum absolute atomic E-state index is 12.7. The normalized spacial score (nSPS) is 11.2. The molecule has 0 amide bonds. The van der Waals surface area contributed by atoms with Crippen molar-refractivity contribution < 1.29 is 27.4 Å².